The molecular formula is C22H25BN4O. The Morgan fingerprint density at radius 1 is 1.29 bits per heavy atom. The van der Waals surface area contributed by atoms with Crippen LogP contribution in [0.1, 0.15) is 36.7 Å². The van der Waals surface area contributed by atoms with Crippen molar-refractivity contribution in [1.29, 1.82) is 0 Å². The van der Waals surface area contributed by atoms with Crippen LogP contribution >= 0.6 is 0 Å². The number of imidazole rings is 1. The van der Waals surface area contributed by atoms with Gasteiger partial charge in [0.05, 0.1) is 18.1 Å². The van der Waals surface area contributed by atoms with Gasteiger partial charge in [-0.3, -0.25) is 9.20 Å². The minimum Gasteiger partial charge on any atom is -0.333 e. The van der Waals surface area contributed by atoms with Crippen LogP contribution in [0.2, 0.25) is 0 Å². The molecule has 2 aromatic heterocycles. The molecule has 5 nitrogen and oxygen atoms in total. The minimum atomic E-state index is -0.660. The smallest absolute Gasteiger partial charge is 0.252 e. The fourth-order valence-electron chi connectivity index (χ4n) is 2.89. The monoisotopic (exact) mass is 372 g/mol. The summed E-state index contributed by atoms with van der Waals surface area (Å²) in [6, 6.07) is 11.4. The van der Waals surface area contributed by atoms with E-state index >= 15 is 0 Å². The SMILES string of the molecule is [B]/C(=C\C(N)NC(=O)c1ccc(C)c(-c2cnc3ccccn23)c1)C(C)(C)C. The number of hydrogen-bond donors (Lipinski definition) is 2. The van der Waals surface area contributed by atoms with Gasteiger partial charge in [0.2, 0.25) is 0 Å². The van der Waals surface area contributed by atoms with Crippen LogP contribution in [-0.4, -0.2) is 29.3 Å². The van der Waals surface area contributed by atoms with Gasteiger partial charge in [0.1, 0.15) is 13.5 Å². The van der Waals surface area contributed by atoms with Gasteiger partial charge in [-0.05, 0) is 42.2 Å². The van der Waals surface area contributed by atoms with Crippen molar-refractivity contribution in [3.8, 4) is 11.3 Å². The van der Waals surface area contributed by atoms with Crippen LogP contribution < -0.4 is 11.1 Å². The van der Waals surface area contributed by atoms with Crippen molar-refractivity contribution in [2.24, 2.45) is 11.1 Å². The van der Waals surface area contributed by atoms with Gasteiger partial charge in [-0.15, -0.1) is 5.47 Å². The number of nitrogens with zero attached hydrogens (tertiary/aromatic N) is 2. The van der Waals surface area contributed by atoms with Crippen LogP contribution in [0, 0.1) is 12.3 Å². The van der Waals surface area contributed by atoms with Gasteiger partial charge < -0.3 is 11.1 Å². The highest BCUT2D eigenvalue weighted by molar-refractivity contribution is 6.22. The molecule has 1 aromatic carbocycles. The van der Waals surface area contributed by atoms with Gasteiger partial charge in [-0.2, -0.15) is 0 Å². The zero-order chi connectivity index (χ0) is 20.5. The summed E-state index contributed by atoms with van der Waals surface area (Å²) >= 11 is 0. The first-order valence-corrected chi connectivity index (χ1v) is 9.24. The molecule has 0 aliphatic rings. The lowest BCUT2D eigenvalue weighted by Crippen LogP contribution is -2.40. The van der Waals surface area contributed by atoms with Gasteiger partial charge in [0.25, 0.3) is 5.91 Å². The van der Waals surface area contributed by atoms with E-state index in [1.54, 1.807) is 12.1 Å². The van der Waals surface area contributed by atoms with E-state index in [2.05, 4.69) is 10.3 Å². The van der Waals surface area contributed by atoms with Crippen LogP contribution in [0.15, 0.2) is 60.3 Å². The molecule has 0 fully saturated rings. The molecule has 0 aliphatic heterocycles. The number of carbonyl (C=O) groups is 1. The van der Waals surface area contributed by atoms with E-state index in [4.69, 9.17) is 13.6 Å². The molecule has 6 heteroatoms. The third kappa shape index (κ3) is 4.17. The molecule has 3 rings (SSSR count). The van der Waals surface area contributed by atoms with E-state index in [0.29, 0.717) is 11.0 Å². The molecular weight excluding hydrogens is 347 g/mol. The Labute approximate surface area is 167 Å². The summed E-state index contributed by atoms with van der Waals surface area (Å²) in [5.41, 5.74) is 10.8. The first kappa shape index (κ1) is 19.9. The molecule has 3 aromatic rings. The third-order valence-corrected chi connectivity index (χ3v) is 4.72. The average molecular weight is 372 g/mol. The number of hydrogen-bond acceptors (Lipinski definition) is 3. The van der Waals surface area contributed by atoms with E-state index in [1.165, 1.54) is 0 Å². The molecule has 0 bridgehead atoms. The maximum atomic E-state index is 12.7. The molecule has 0 aliphatic carbocycles. The summed E-state index contributed by atoms with van der Waals surface area (Å²) in [4.78, 5) is 17.1. The predicted molar refractivity (Wildman–Crippen MR) is 114 cm³/mol. The maximum Gasteiger partial charge on any atom is 0.252 e. The summed E-state index contributed by atoms with van der Waals surface area (Å²) in [7, 11) is 6.05. The Kier molecular flexibility index (Phi) is 5.43. The number of benzene rings is 1. The zero-order valence-corrected chi connectivity index (χ0v) is 16.7. The summed E-state index contributed by atoms with van der Waals surface area (Å²) in [5.74, 6) is -0.250. The number of amides is 1. The van der Waals surface area contributed by atoms with Crippen LogP contribution in [0.25, 0.3) is 16.9 Å². The number of carbonyl (C=O) groups excluding carboxylic acids is 1. The minimum absolute atomic E-state index is 0.206. The highest BCUT2D eigenvalue weighted by Gasteiger charge is 2.16. The van der Waals surface area contributed by atoms with Gasteiger partial charge >= 0.3 is 0 Å². The van der Waals surface area contributed by atoms with Gasteiger partial charge in [-0.1, -0.05) is 39.0 Å². The number of fused-ring (bicyclic) bond motifs is 1. The third-order valence-electron chi connectivity index (χ3n) is 4.72. The van der Waals surface area contributed by atoms with Gasteiger partial charge in [-0.25, -0.2) is 4.98 Å². The lowest BCUT2D eigenvalue weighted by molar-refractivity contribution is 0.0945. The highest BCUT2D eigenvalue weighted by Crippen LogP contribution is 2.26. The molecule has 1 atom stereocenters. The van der Waals surface area contributed by atoms with E-state index in [0.717, 1.165) is 22.5 Å². The van der Waals surface area contributed by atoms with Crippen molar-refractivity contribution in [3.05, 3.63) is 71.5 Å². The van der Waals surface area contributed by atoms with Crippen LogP contribution in [0.5, 0.6) is 0 Å². The molecule has 0 saturated heterocycles. The summed E-state index contributed by atoms with van der Waals surface area (Å²) < 4.78 is 2.00. The molecule has 0 saturated carbocycles. The summed E-state index contributed by atoms with van der Waals surface area (Å²) in [6.45, 7) is 8.00. The molecule has 0 spiro atoms. The Bertz CT molecular complexity index is 1050. The number of rotatable bonds is 4. The Morgan fingerprint density at radius 2 is 2.04 bits per heavy atom. The number of nitrogens with two attached hydrogens (primary N) is 1. The first-order chi connectivity index (χ1) is 13.2. The molecule has 1 unspecified atom stereocenters. The van der Waals surface area contributed by atoms with Gasteiger partial charge in [0.15, 0.2) is 0 Å². The van der Waals surface area contributed by atoms with E-state index in [-0.39, 0.29) is 11.3 Å². The second-order valence-corrected chi connectivity index (χ2v) is 7.97. The summed E-state index contributed by atoms with van der Waals surface area (Å²) in [6.07, 6.45) is 4.79. The quantitative estimate of drug-likeness (QED) is 0.545. The lowest BCUT2D eigenvalue weighted by atomic mass is 9.74. The van der Waals surface area contributed by atoms with Crippen molar-refractivity contribution in [2.75, 3.05) is 0 Å². The van der Waals surface area contributed by atoms with E-state index in [9.17, 15) is 4.79 Å². The zero-order valence-electron chi connectivity index (χ0n) is 16.7. The molecule has 3 N–H and O–H groups in total. The van der Waals surface area contributed by atoms with Crippen molar-refractivity contribution in [3.63, 3.8) is 0 Å². The second kappa shape index (κ2) is 7.64. The number of pyridine rings is 1. The van der Waals surface area contributed by atoms with Crippen molar-refractivity contribution < 1.29 is 4.79 Å². The molecule has 28 heavy (non-hydrogen) atoms. The van der Waals surface area contributed by atoms with Crippen molar-refractivity contribution >= 4 is 19.4 Å². The molecule has 2 radical (unpaired) electrons. The maximum absolute atomic E-state index is 12.7. The van der Waals surface area contributed by atoms with Crippen LogP contribution in [-0.2, 0) is 0 Å². The van der Waals surface area contributed by atoms with Crippen molar-refractivity contribution in [1.82, 2.24) is 14.7 Å². The van der Waals surface area contributed by atoms with Crippen molar-refractivity contribution in [2.45, 2.75) is 33.9 Å². The number of aryl methyl sites for hydroxylation is 1. The predicted octanol–water partition coefficient (Wildman–Crippen LogP) is 3.42. The fraction of sp³-hybridized carbons (Fsp3) is 0.273. The normalized spacial score (nSPS) is 13.5. The van der Waals surface area contributed by atoms with Crippen LogP contribution in [0.4, 0.5) is 0 Å². The first-order valence-electron chi connectivity index (χ1n) is 9.24. The van der Waals surface area contributed by atoms with E-state index < -0.39 is 6.17 Å². The highest BCUT2D eigenvalue weighted by atomic mass is 16.1. The average Bonchev–Trinajstić information content (AvgIpc) is 3.05. The van der Waals surface area contributed by atoms with Gasteiger partial charge in [0, 0.05) is 17.3 Å². The van der Waals surface area contributed by atoms with Crippen LogP contribution in [0.3, 0.4) is 0 Å². The Hall–Kier alpha value is -2.86. The molecule has 2 heterocycles. The Morgan fingerprint density at radius 3 is 2.75 bits per heavy atom. The Balaban J connectivity index is 1.88. The summed E-state index contributed by atoms with van der Waals surface area (Å²) in [5, 5.41) is 2.79. The van der Waals surface area contributed by atoms with E-state index in [1.807, 2.05) is 74.8 Å². The molecule has 1 amide bonds. The second-order valence-electron chi connectivity index (χ2n) is 7.97. The number of nitrogens with one attached hydrogen (secondary N) is 1. The standard InChI is InChI=1S/C22H25BN4O/c1-14-8-9-15(21(28)26-19(24)12-18(23)22(2,3)4)11-16(14)17-13-25-20-7-5-6-10-27(17)20/h5-13,19H,24H2,1-4H3,(H,26,28)/b18-12-. The number of allylic oxidation sites excluding steroid dienone is 1. The topological polar surface area (TPSA) is 72.4 Å². The largest absolute Gasteiger partial charge is 0.333 e. The lowest BCUT2D eigenvalue weighted by Gasteiger charge is -2.22. The molecule has 142 valence electrons. The fourth-order valence-corrected chi connectivity index (χ4v) is 2.89. The number of aromatic nitrogens is 2.